The molecule has 1 N–H and O–H groups in total. The van der Waals surface area contributed by atoms with E-state index >= 15 is 0 Å². The molecule has 3 heterocycles. The molecule has 0 spiro atoms. The van der Waals surface area contributed by atoms with E-state index in [1.165, 1.54) is 30.4 Å². The second-order valence-corrected chi connectivity index (χ2v) is 11.9. The van der Waals surface area contributed by atoms with Gasteiger partial charge >= 0.3 is 5.97 Å². The number of carbonyl (C=O) groups is 4. The molecule has 8 nitrogen and oxygen atoms in total. The van der Waals surface area contributed by atoms with Gasteiger partial charge in [0.2, 0.25) is 5.91 Å². The van der Waals surface area contributed by atoms with Crippen LogP contribution in [0.15, 0.2) is 102 Å². The summed E-state index contributed by atoms with van der Waals surface area (Å²) in [5, 5.41) is 3.61. The summed E-state index contributed by atoms with van der Waals surface area (Å²) >= 11 is 1.42. The first-order valence-corrected chi connectivity index (χ1v) is 14.8. The summed E-state index contributed by atoms with van der Waals surface area (Å²) in [6.07, 6.45) is 1.98. The van der Waals surface area contributed by atoms with Crippen LogP contribution in [0.1, 0.15) is 29.0 Å². The van der Waals surface area contributed by atoms with Crippen LogP contribution in [0.2, 0.25) is 0 Å². The third-order valence-electron chi connectivity index (χ3n) is 6.53. The minimum absolute atomic E-state index is 0.0762. The number of thiophene rings is 1. The number of rotatable bonds is 9. The highest BCUT2D eigenvalue weighted by Gasteiger charge is 2.57. The number of ketones is 1. The topological polar surface area (TPSA) is 110 Å². The molecule has 1 aromatic heterocycles. The highest BCUT2D eigenvalue weighted by molar-refractivity contribution is 7.86. The molecule has 2 aromatic carbocycles. The number of fused-ring (bicyclic) bond motifs is 1. The lowest BCUT2D eigenvalue weighted by atomic mass is 10.0. The first-order chi connectivity index (χ1) is 19.3. The number of ether oxygens (including phenoxy) is 1. The van der Waals surface area contributed by atoms with Crippen LogP contribution in [-0.4, -0.2) is 49.8 Å². The van der Waals surface area contributed by atoms with Gasteiger partial charge in [-0.3, -0.25) is 23.5 Å². The van der Waals surface area contributed by atoms with Gasteiger partial charge in [0.25, 0.3) is 5.91 Å². The summed E-state index contributed by atoms with van der Waals surface area (Å²) in [6, 6.07) is 21.0. The molecule has 1 fully saturated rings. The Morgan fingerprint density at radius 2 is 1.70 bits per heavy atom. The van der Waals surface area contributed by atoms with Crippen molar-refractivity contribution in [1.82, 2.24) is 10.2 Å². The summed E-state index contributed by atoms with van der Waals surface area (Å²) in [7, 11) is -1.64. The van der Waals surface area contributed by atoms with Crippen molar-refractivity contribution >= 4 is 45.7 Å². The third kappa shape index (κ3) is 5.73. The van der Waals surface area contributed by atoms with Gasteiger partial charge in [-0.2, -0.15) is 0 Å². The van der Waals surface area contributed by atoms with Crippen LogP contribution in [0, 0.1) is 0 Å². The molecule has 0 bridgehead atoms. The molecular weight excluding hydrogens is 548 g/mol. The summed E-state index contributed by atoms with van der Waals surface area (Å²) in [5.41, 5.74) is 1.64. The van der Waals surface area contributed by atoms with Crippen molar-refractivity contribution in [2.24, 2.45) is 0 Å². The fourth-order valence-corrected chi connectivity index (χ4v) is 7.03. The maximum absolute atomic E-state index is 13.8. The van der Waals surface area contributed by atoms with Crippen LogP contribution in [0.3, 0.4) is 0 Å². The molecule has 2 aliphatic rings. The number of esters is 1. The van der Waals surface area contributed by atoms with Gasteiger partial charge in [0.05, 0.1) is 23.0 Å². The average molecular weight is 575 g/mol. The van der Waals surface area contributed by atoms with Gasteiger partial charge in [-0.15, -0.1) is 11.3 Å². The molecule has 2 amide bonds. The number of amides is 2. The quantitative estimate of drug-likeness (QED) is 0.238. The number of hydrogen-bond donors (Lipinski definition) is 1. The Morgan fingerprint density at radius 1 is 1.05 bits per heavy atom. The van der Waals surface area contributed by atoms with E-state index in [-0.39, 0.29) is 35.1 Å². The molecule has 204 valence electrons. The Labute approximate surface area is 237 Å². The lowest BCUT2D eigenvalue weighted by Crippen LogP contribution is -2.73. The maximum Gasteiger partial charge on any atom is 0.356 e. The first kappa shape index (κ1) is 27.4. The molecule has 0 saturated carbocycles. The normalized spacial score (nSPS) is 20.3. The van der Waals surface area contributed by atoms with E-state index in [4.69, 9.17) is 4.74 Å². The summed E-state index contributed by atoms with van der Waals surface area (Å²) in [5.74, 6) is -2.08. The predicted octanol–water partition coefficient (Wildman–Crippen LogP) is 3.44. The van der Waals surface area contributed by atoms with Gasteiger partial charge in [0.1, 0.15) is 17.1 Å². The van der Waals surface area contributed by atoms with Gasteiger partial charge in [0.15, 0.2) is 11.9 Å². The van der Waals surface area contributed by atoms with E-state index < -0.39 is 40.2 Å². The van der Waals surface area contributed by atoms with Crippen LogP contribution < -0.4 is 5.32 Å². The number of nitrogens with one attached hydrogen (secondary N) is 1. The van der Waals surface area contributed by atoms with Gasteiger partial charge in [0, 0.05) is 4.88 Å². The van der Waals surface area contributed by atoms with Crippen LogP contribution >= 0.6 is 11.3 Å². The molecular formula is C30H26N2O6S2. The molecule has 1 saturated heterocycles. The maximum atomic E-state index is 13.8. The number of carbonyl (C=O) groups excluding carboxylic acids is 4. The van der Waals surface area contributed by atoms with E-state index in [0.29, 0.717) is 0 Å². The number of benzene rings is 2. The number of β-lactam (4-membered cyclic amide) rings is 1. The highest BCUT2D eigenvalue weighted by atomic mass is 32.2. The third-order valence-corrected chi connectivity index (χ3v) is 9.02. The van der Waals surface area contributed by atoms with Gasteiger partial charge < -0.3 is 10.1 Å². The molecule has 40 heavy (non-hydrogen) atoms. The zero-order chi connectivity index (χ0) is 28.2. The smallest absolute Gasteiger partial charge is 0.356 e. The van der Waals surface area contributed by atoms with Gasteiger partial charge in [-0.1, -0.05) is 72.8 Å². The Balaban J connectivity index is 1.45. The second kappa shape index (κ2) is 11.9. The molecule has 10 heteroatoms. The average Bonchev–Trinajstić information content (AvgIpc) is 3.47. The van der Waals surface area contributed by atoms with Crippen LogP contribution in [0.5, 0.6) is 0 Å². The van der Waals surface area contributed by atoms with Crippen molar-refractivity contribution in [3.63, 3.8) is 0 Å². The van der Waals surface area contributed by atoms with Crippen LogP contribution in [0.25, 0.3) is 0 Å². The molecule has 5 rings (SSSR count). The van der Waals surface area contributed by atoms with E-state index in [1.54, 1.807) is 0 Å². The lowest BCUT2D eigenvalue weighted by molar-refractivity contribution is -0.154. The second-order valence-electron chi connectivity index (χ2n) is 9.35. The molecule has 2 unspecified atom stereocenters. The Bertz CT molecular complexity index is 1480. The molecule has 0 radical (unpaired) electrons. The van der Waals surface area contributed by atoms with Crippen molar-refractivity contribution in [3.8, 4) is 0 Å². The Kier molecular flexibility index (Phi) is 8.18. The molecule has 3 aromatic rings. The van der Waals surface area contributed by atoms with E-state index in [1.807, 2.05) is 78.2 Å². The summed E-state index contributed by atoms with van der Waals surface area (Å²) in [4.78, 5) is 53.5. The standard InChI is InChI=1S/C30H26N2O6S2/c1-19(33)14-15-22-18-40(37)29-25(31-24(34)17-23-13-8-16-39-23)28(35)32(29)26(22)30(36)38-27(20-9-4-2-5-10-20)21-11-6-3-7-12-21/h2-16,25,27,29H,17-18H2,1H3,(H,31,34)/t25?,29-,40?/m1/s1. The summed E-state index contributed by atoms with van der Waals surface area (Å²) < 4.78 is 19.3. The largest absolute Gasteiger partial charge is 0.448 e. The van der Waals surface area contributed by atoms with E-state index in [0.717, 1.165) is 20.9 Å². The number of nitrogens with zero attached hydrogens (tertiary/aromatic N) is 1. The van der Waals surface area contributed by atoms with Gasteiger partial charge in [-0.05, 0) is 41.1 Å². The minimum Gasteiger partial charge on any atom is -0.448 e. The van der Waals surface area contributed by atoms with Crippen molar-refractivity contribution in [3.05, 3.63) is 118 Å². The first-order valence-electron chi connectivity index (χ1n) is 12.6. The molecule has 2 aliphatic heterocycles. The van der Waals surface area contributed by atoms with Crippen molar-refractivity contribution < 1.29 is 28.1 Å². The lowest BCUT2D eigenvalue weighted by Gasteiger charge is -2.49. The fourth-order valence-electron chi connectivity index (χ4n) is 4.68. The monoisotopic (exact) mass is 574 g/mol. The minimum atomic E-state index is -1.64. The zero-order valence-electron chi connectivity index (χ0n) is 21.5. The Morgan fingerprint density at radius 3 is 2.27 bits per heavy atom. The number of hydrogen-bond acceptors (Lipinski definition) is 7. The zero-order valence-corrected chi connectivity index (χ0v) is 23.2. The highest BCUT2D eigenvalue weighted by Crippen LogP contribution is 2.37. The van der Waals surface area contributed by atoms with Crippen molar-refractivity contribution in [1.29, 1.82) is 0 Å². The van der Waals surface area contributed by atoms with Crippen LogP contribution in [0.4, 0.5) is 0 Å². The predicted molar refractivity (Wildman–Crippen MR) is 151 cm³/mol. The fraction of sp³-hybridized carbons (Fsp3) is 0.200. The molecule has 0 aliphatic carbocycles. The Hall–Kier alpha value is -4.15. The van der Waals surface area contributed by atoms with Crippen molar-refractivity contribution in [2.45, 2.75) is 30.9 Å². The van der Waals surface area contributed by atoms with E-state index in [9.17, 15) is 23.4 Å². The molecule has 3 atom stereocenters. The summed E-state index contributed by atoms with van der Waals surface area (Å²) in [6.45, 7) is 1.35. The van der Waals surface area contributed by atoms with Crippen LogP contribution in [-0.2, 0) is 41.1 Å². The van der Waals surface area contributed by atoms with Gasteiger partial charge in [-0.25, -0.2) is 4.79 Å². The SMILES string of the molecule is CC(=O)C=CC1=C(C(=O)OC(c2ccccc2)c2ccccc2)N2C(=O)C(NC(=O)Cc3cccs3)[C@H]2S(=O)C1. The van der Waals surface area contributed by atoms with E-state index in [2.05, 4.69) is 5.32 Å². The van der Waals surface area contributed by atoms with Crippen molar-refractivity contribution in [2.75, 3.05) is 5.75 Å². The number of allylic oxidation sites excluding steroid dienone is 2.